The van der Waals surface area contributed by atoms with Gasteiger partial charge in [-0.1, -0.05) is 22.9 Å². The van der Waals surface area contributed by atoms with Crippen LogP contribution in [0, 0.1) is 5.92 Å². The maximum absolute atomic E-state index is 8.93. The van der Waals surface area contributed by atoms with Gasteiger partial charge < -0.3 is 15.2 Å². The SMILES string of the molecule is CNCc1cc(Br)ccc1OCC(C)CO. The van der Waals surface area contributed by atoms with Crippen LogP contribution in [-0.2, 0) is 6.54 Å². The Balaban J connectivity index is 2.70. The number of aliphatic hydroxyl groups is 1. The Labute approximate surface area is 105 Å². The van der Waals surface area contributed by atoms with Gasteiger partial charge in [0.15, 0.2) is 0 Å². The van der Waals surface area contributed by atoms with Crippen LogP contribution in [-0.4, -0.2) is 25.4 Å². The van der Waals surface area contributed by atoms with E-state index in [1.807, 2.05) is 32.2 Å². The number of halogens is 1. The van der Waals surface area contributed by atoms with E-state index >= 15 is 0 Å². The average Bonchev–Trinajstić information content (AvgIpc) is 2.28. The summed E-state index contributed by atoms with van der Waals surface area (Å²) in [4.78, 5) is 0. The summed E-state index contributed by atoms with van der Waals surface area (Å²) < 4.78 is 6.72. The molecule has 0 fully saturated rings. The van der Waals surface area contributed by atoms with Gasteiger partial charge in [-0.15, -0.1) is 0 Å². The highest BCUT2D eigenvalue weighted by Gasteiger charge is 2.06. The minimum atomic E-state index is 0.151. The fourth-order valence-electron chi connectivity index (χ4n) is 1.30. The molecule has 1 unspecified atom stereocenters. The van der Waals surface area contributed by atoms with Crippen LogP contribution in [0.1, 0.15) is 12.5 Å². The molecule has 0 bridgehead atoms. The van der Waals surface area contributed by atoms with E-state index in [1.165, 1.54) is 0 Å². The van der Waals surface area contributed by atoms with E-state index in [1.54, 1.807) is 0 Å². The zero-order valence-electron chi connectivity index (χ0n) is 9.66. The highest BCUT2D eigenvalue weighted by molar-refractivity contribution is 9.10. The van der Waals surface area contributed by atoms with Crippen molar-refractivity contribution >= 4 is 15.9 Å². The monoisotopic (exact) mass is 287 g/mol. The molecule has 0 heterocycles. The van der Waals surface area contributed by atoms with E-state index in [0.29, 0.717) is 6.61 Å². The number of aliphatic hydroxyl groups excluding tert-OH is 1. The van der Waals surface area contributed by atoms with Crippen molar-refractivity contribution in [1.82, 2.24) is 5.32 Å². The largest absolute Gasteiger partial charge is 0.493 e. The van der Waals surface area contributed by atoms with Crippen LogP contribution in [0.3, 0.4) is 0 Å². The Morgan fingerprint density at radius 3 is 2.88 bits per heavy atom. The van der Waals surface area contributed by atoms with Gasteiger partial charge in [-0.2, -0.15) is 0 Å². The second-order valence-corrected chi connectivity index (χ2v) is 4.80. The number of rotatable bonds is 6. The van der Waals surface area contributed by atoms with E-state index in [0.717, 1.165) is 22.3 Å². The first-order valence-corrected chi connectivity index (χ1v) is 6.13. The standard InChI is InChI=1S/C12H18BrNO2/c1-9(7-15)8-16-12-4-3-11(13)5-10(12)6-14-2/h3-5,9,14-15H,6-8H2,1-2H3. The van der Waals surface area contributed by atoms with Crippen molar-refractivity contribution in [3.05, 3.63) is 28.2 Å². The zero-order valence-corrected chi connectivity index (χ0v) is 11.3. The molecule has 0 saturated carbocycles. The molecule has 1 aromatic carbocycles. The molecular formula is C12H18BrNO2. The summed E-state index contributed by atoms with van der Waals surface area (Å²) in [5.41, 5.74) is 1.11. The van der Waals surface area contributed by atoms with Gasteiger partial charge in [0.05, 0.1) is 6.61 Å². The molecule has 0 aliphatic carbocycles. The van der Waals surface area contributed by atoms with Crippen LogP contribution in [0.15, 0.2) is 22.7 Å². The molecule has 16 heavy (non-hydrogen) atoms. The molecule has 4 heteroatoms. The molecule has 0 aliphatic heterocycles. The minimum Gasteiger partial charge on any atom is -0.493 e. The number of hydrogen-bond donors (Lipinski definition) is 2. The van der Waals surface area contributed by atoms with E-state index in [9.17, 15) is 0 Å². The van der Waals surface area contributed by atoms with Crippen molar-refractivity contribution in [2.24, 2.45) is 5.92 Å². The summed E-state index contributed by atoms with van der Waals surface area (Å²) in [7, 11) is 1.90. The van der Waals surface area contributed by atoms with Crippen LogP contribution in [0.25, 0.3) is 0 Å². The second-order valence-electron chi connectivity index (χ2n) is 3.88. The molecule has 3 nitrogen and oxygen atoms in total. The summed E-state index contributed by atoms with van der Waals surface area (Å²) in [6.45, 7) is 3.41. The number of benzene rings is 1. The van der Waals surface area contributed by atoms with Crippen molar-refractivity contribution < 1.29 is 9.84 Å². The van der Waals surface area contributed by atoms with Crippen LogP contribution in [0.5, 0.6) is 5.75 Å². The van der Waals surface area contributed by atoms with Gasteiger partial charge in [0, 0.05) is 29.1 Å². The molecule has 0 aliphatic rings. The topological polar surface area (TPSA) is 41.5 Å². The third-order valence-corrected chi connectivity index (χ3v) is 2.72. The highest BCUT2D eigenvalue weighted by atomic mass is 79.9. The lowest BCUT2D eigenvalue weighted by Gasteiger charge is -2.14. The molecular weight excluding hydrogens is 270 g/mol. The maximum Gasteiger partial charge on any atom is 0.123 e. The summed E-state index contributed by atoms with van der Waals surface area (Å²) in [6.07, 6.45) is 0. The lowest BCUT2D eigenvalue weighted by atomic mass is 10.2. The predicted molar refractivity (Wildman–Crippen MR) is 68.7 cm³/mol. The molecule has 0 aromatic heterocycles. The third kappa shape index (κ3) is 4.12. The predicted octanol–water partition coefficient (Wildman–Crippen LogP) is 2.18. The molecule has 0 radical (unpaired) electrons. The van der Waals surface area contributed by atoms with E-state index in [4.69, 9.17) is 9.84 Å². The van der Waals surface area contributed by atoms with Crippen molar-refractivity contribution in [3.63, 3.8) is 0 Å². The van der Waals surface area contributed by atoms with Crippen molar-refractivity contribution in [1.29, 1.82) is 0 Å². The summed E-state index contributed by atoms with van der Waals surface area (Å²) in [5, 5.41) is 12.0. The Kier molecular flexibility index (Phi) is 5.80. The molecule has 0 amide bonds. The zero-order chi connectivity index (χ0) is 12.0. The van der Waals surface area contributed by atoms with Gasteiger partial charge in [-0.25, -0.2) is 0 Å². The first kappa shape index (κ1) is 13.5. The van der Waals surface area contributed by atoms with Crippen LogP contribution in [0.4, 0.5) is 0 Å². The third-order valence-electron chi connectivity index (χ3n) is 2.22. The fraction of sp³-hybridized carbons (Fsp3) is 0.500. The summed E-state index contributed by atoms with van der Waals surface area (Å²) in [6, 6.07) is 5.94. The van der Waals surface area contributed by atoms with Crippen LogP contribution >= 0.6 is 15.9 Å². The second kappa shape index (κ2) is 6.89. The number of hydrogen-bond acceptors (Lipinski definition) is 3. The molecule has 1 atom stereocenters. The molecule has 90 valence electrons. The Hall–Kier alpha value is -0.580. The van der Waals surface area contributed by atoms with Gasteiger partial charge in [-0.05, 0) is 25.2 Å². The smallest absolute Gasteiger partial charge is 0.123 e. The van der Waals surface area contributed by atoms with Crippen molar-refractivity contribution in [2.75, 3.05) is 20.3 Å². The quantitative estimate of drug-likeness (QED) is 0.843. The van der Waals surface area contributed by atoms with Crippen molar-refractivity contribution in [2.45, 2.75) is 13.5 Å². The number of ether oxygens (including phenoxy) is 1. The Morgan fingerprint density at radius 1 is 1.50 bits per heavy atom. The summed E-state index contributed by atoms with van der Waals surface area (Å²) in [5.74, 6) is 1.03. The van der Waals surface area contributed by atoms with Gasteiger partial charge in [0.1, 0.15) is 5.75 Å². The average molecular weight is 288 g/mol. The molecule has 0 spiro atoms. The molecule has 2 N–H and O–H groups in total. The number of nitrogens with one attached hydrogen (secondary N) is 1. The first-order valence-electron chi connectivity index (χ1n) is 5.34. The van der Waals surface area contributed by atoms with Gasteiger partial charge in [0.25, 0.3) is 0 Å². The van der Waals surface area contributed by atoms with E-state index < -0.39 is 0 Å². The fourth-order valence-corrected chi connectivity index (χ4v) is 1.71. The lowest BCUT2D eigenvalue weighted by Crippen LogP contribution is -2.14. The molecule has 1 aromatic rings. The van der Waals surface area contributed by atoms with Gasteiger partial charge in [0.2, 0.25) is 0 Å². The summed E-state index contributed by atoms with van der Waals surface area (Å²) >= 11 is 3.44. The first-order chi connectivity index (χ1) is 7.67. The minimum absolute atomic E-state index is 0.151. The Bertz CT molecular complexity index is 331. The molecule has 1 rings (SSSR count). The highest BCUT2D eigenvalue weighted by Crippen LogP contribution is 2.23. The lowest BCUT2D eigenvalue weighted by molar-refractivity contribution is 0.173. The van der Waals surface area contributed by atoms with Crippen molar-refractivity contribution in [3.8, 4) is 5.75 Å². The van der Waals surface area contributed by atoms with Crippen LogP contribution < -0.4 is 10.1 Å². The maximum atomic E-state index is 8.93. The normalized spacial score (nSPS) is 12.5. The van der Waals surface area contributed by atoms with Gasteiger partial charge >= 0.3 is 0 Å². The van der Waals surface area contributed by atoms with E-state index in [-0.39, 0.29) is 12.5 Å². The Morgan fingerprint density at radius 2 is 2.25 bits per heavy atom. The van der Waals surface area contributed by atoms with Gasteiger partial charge in [-0.3, -0.25) is 0 Å². The van der Waals surface area contributed by atoms with Crippen LogP contribution in [0.2, 0.25) is 0 Å². The molecule has 0 saturated heterocycles. The van der Waals surface area contributed by atoms with E-state index in [2.05, 4.69) is 21.2 Å².